The summed E-state index contributed by atoms with van der Waals surface area (Å²) in [6.45, 7) is 4.17. The molecule has 0 aliphatic carbocycles. The molecule has 0 amide bonds. The van der Waals surface area contributed by atoms with Gasteiger partial charge in [-0.2, -0.15) is 0 Å². The summed E-state index contributed by atoms with van der Waals surface area (Å²) in [6.07, 6.45) is -0.516. The second-order valence-corrected chi connectivity index (χ2v) is 3.64. The monoisotopic (exact) mass is 210 g/mol. The minimum atomic E-state index is -0.636. The van der Waals surface area contributed by atoms with Crippen LogP contribution < -0.4 is 4.74 Å². The minimum Gasteiger partial charge on any atom is -0.496 e. The molecule has 0 bridgehead atoms. The maximum atomic E-state index is 9.88. The predicted molar refractivity (Wildman–Crippen MR) is 59.0 cm³/mol. The molecule has 1 N–H and O–H groups in total. The molecule has 0 fully saturated rings. The topological polar surface area (TPSA) is 38.7 Å². The molecule has 0 aliphatic heterocycles. The highest BCUT2D eigenvalue weighted by Gasteiger charge is 2.13. The number of aliphatic hydroxyl groups is 1. The smallest absolute Gasteiger partial charge is 0.124 e. The van der Waals surface area contributed by atoms with E-state index in [-0.39, 0.29) is 12.7 Å². The zero-order valence-electron chi connectivity index (χ0n) is 9.43. The molecule has 1 unspecified atom stereocenters. The molecular weight excluding hydrogens is 192 g/mol. The van der Waals surface area contributed by atoms with Crippen molar-refractivity contribution in [2.45, 2.75) is 26.1 Å². The lowest BCUT2D eigenvalue weighted by atomic mass is 10.1. The van der Waals surface area contributed by atoms with Gasteiger partial charge in [0, 0.05) is 5.56 Å². The molecule has 3 heteroatoms. The summed E-state index contributed by atoms with van der Waals surface area (Å²) in [5, 5.41) is 9.88. The summed E-state index contributed by atoms with van der Waals surface area (Å²) >= 11 is 0. The Morgan fingerprint density at radius 3 is 2.53 bits per heavy atom. The van der Waals surface area contributed by atoms with Crippen LogP contribution in [0.1, 0.15) is 25.5 Å². The first kappa shape index (κ1) is 12.0. The Hall–Kier alpha value is -1.06. The first-order chi connectivity index (χ1) is 7.15. The van der Waals surface area contributed by atoms with Crippen LogP contribution in [0.5, 0.6) is 5.75 Å². The lowest BCUT2D eigenvalue weighted by Gasteiger charge is -2.16. The van der Waals surface area contributed by atoms with Crippen molar-refractivity contribution in [2.24, 2.45) is 0 Å². The molecule has 1 rings (SSSR count). The van der Waals surface area contributed by atoms with E-state index in [9.17, 15) is 5.11 Å². The molecule has 0 heterocycles. The molecule has 0 radical (unpaired) electrons. The van der Waals surface area contributed by atoms with Gasteiger partial charge < -0.3 is 14.6 Å². The van der Waals surface area contributed by atoms with Gasteiger partial charge >= 0.3 is 0 Å². The van der Waals surface area contributed by atoms with Gasteiger partial charge in [0.1, 0.15) is 11.9 Å². The van der Waals surface area contributed by atoms with Crippen molar-refractivity contribution in [2.75, 3.05) is 13.7 Å². The van der Waals surface area contributed by atoms with E-state index in [2.05, 4.69) is 0 Å². The fraction of sp³-hybridized carbons (Fsp3) is 0.500. The highest BCUT2D eigenvalue weighted by atomic mass is 16.5. The van der Waals surface area contributed by atoms with E-state index >= 15 is 0 Å². The second kappa shape index (κ2) is 5.73. The molecule has 84 valence electrons. The number of aliphatic hydroxyl groups excluding tert-OH is 1. The fourth-order valence-corrected chi connectivity index (χ4v) is 1.32. The Morgan fingerprint density at radius 1 is 1.27 bits per heavy atom. The molecule has 1 aromatic rings. The highest BCUT2D eigenvalue weighted by molar-refractivity contribution is 5.34. The van der Waals surface area contributed by atoms with Crippen molar-refractivity contribution >= 4 is 0 Å². The number of ether oxygens (including phenoxy) is 2. The third-order valence-corrected chi connectivity index (χ3v) is 2.09. The van der Waals surface area contributed by atoms with Crippen molar-refractivity contribution < 1.29 is 14.6 Å². The van der Waals surface area contributed by atoms with Crippen LogP contribution in [-0.4, -0.2) is 24.9 Å². The normalized spacial score (nSPS) is 12.9. The summed E-state index contributed by atoms with van der Waals surface area (Å²) < 4.78 is 10.5. The molecule has 0 aromatic heterocycles. The molecule has 0 aliphatic rings. The van der Waals surface area contributed by atoms with Gasteiger partial charge in [0.2, 0.25) is 0 Å². The van der Waals surface area contributed by atoms with Crippen LogP contribution >= 0.6 is 0 Å². The van der Waals surface area contributed by atoms with Gasteiger partial charge in [0.25, 0.3) is 0 Å². The largest absolute Gasteiger partial charge is 0.496 e. The lowest BCUT2D eigenvalue weighted by molar-refractivity contribution is 0.00409. The van der Waals surface area contributed by atoms with Crippen molar-refractivity contribution in [1.29, 1.82) is 0 Å². The van der Waals surface area contributed by atoms with Crippen molar-refractivity contribution in [3.05, 3.63) is 29.8 Å². The van der Waals surface area contributed by atoms with E-state index < -0.39 is 6.10 Å². The van der Waals surface area contributed by atoms with Gasteiger partial charge in [0.05, 0.1) is 19.8 Å². The lowest BCUT2D eigenvalue weighted by Crippen LogP contribution is -2.12. The molecule has 15 heavy (non-hydrogen) atoms. The van der Waals surface area contributed by atoms with Crippen LogP contribution in [-0.2, 0) is 4.74 Å². The van der Waals surface area contributed by atoms with Crippen LogP contribution in [0.15, 0.2) is 24.3 Å². The highest BCUT2D eigenvalue weighted by Crippen LogP contribution is 2.24. The standard InChI is InChI=1S/C12H18O3/c1-9(2)15-8-11(13)10-6-4-5-7-12(10)14-3/h4-7,9,11,13H,8H2,1-3H3. The average Bonchev–Trinajstić information content (AvgIpc) is 2.25. The van der Waals surface area contributed by atoms with Gasteiger partial charge in [-0.15, -0.1) is 0 Å². The first-order valence-corrected chi connectivity index (χ1v) is 5.07. The maximum Gasteiger partial charge on any atom is 0.124 e. The van der Waals surface area contributed by atoms with E-state index in [0.29, 0.717) is 5.75 Å². The van der Waals surface area contributed by atoms with Crippen molar-refractivity contribution in [3.63, 3.8) is 0 Å². The number of hydrogen-bond acceptors (Lipinski definition) is 3. The maximum absolute atomic E-state index is 9.88. The average molecular weight is 210 g/mol. The fourth-order valence-electron chi connectivity index (χ4n) is 1.32. The minimum absolute atomic E-state index is 0.120. The summed E-state index contributed by atoms with van der Waals surface area (Å²) in [4.78, 5) is 0. The number of benzene rings is 1. The first-order valence-electron chi connectivity index (χ1n) is 5.07. The van der Waals surface area contributed by atoms with Gasteiger partial charge in [-0.3, -0.25) is 0 Å². The number of methoxy groups -OCH3 is 1. The summed E-state index contributed by atoms with van der Waals surface area (Å²) in [6, 6.07) is 7.41. The molecule has 1 atom stereocenters. The third-order valence-electron chi connectivity index (χ3n) is 2.09. The Kier molecular flexibility index (Phi) is 4.59. The van der Waals surface area contributed by atoms with Crippen LogP contribution in [0.3, 0.4) is 0 Å². The quantitative estimate of drug-likeness (QED) is 0.809. The molecule has 1 aromatic carbocycles. The van der Waals surface area contributed by atoms with Crippen LogP contribution in [0.2, 0.25) is 0 Å². The SMILES string of the molecule is COc1ccccc1C(O)COC(C)C. The number of rotatable bonds is 5. The van der Waals surface area contributed by atoms with E-state index in [4.69, 9.17) is 9.47 Å². The van der Waals surface area contributed by atoms with E-state index in [1.54, 1.807) is 7.11 Å². The number of hydrogen-bond donors (Lipinski definition) is 1. The summed E-state index contributed by atoms with van der Waals surface area (Å²) in [5.74, 6) is 0.692. The third kappa shape index (κ3) is 3.53. The van der Waals surface area contributed by atoms with Gasteiger partial charge in [0.15, 0.2) is 0 Å². The molecule has 3 nitrogen and oxygen atoms in total. The van der Waals surface area contributed by atoms with Crippen LogP contribution in [0.4, 0.5) is 0 Å². The van der Waals surface area contributed by atoms with Crippen molar-refractivity contribution in [3.8, 4) is 5.75 Å². The molecule has 0 saturated heterocycles. The zero-order valence-corrected chi connectivity index (χ0v) is 9.43. The molecule has 0 spiro atoms. The van der Waals surface area contributed by atoms with E-state index in [1.165, 1.54) is 0 Å². The zero-order chi connectivity index (χ0) is 11.3. The Bertz CT molecular complexity index is 297. The van der Waals surface area contributed by atoms with E-state index in [1.807, 2.05) is 38.1 Å². The second-order valence-electron chi connectivity index (χ2n) is 3.64. The van der Waals surface area contributed by atoms with Crippen LogP contribution in [0.25, 0.3) is 0 Å². The van der Waals surface area contributed by atoms with Crippen molar-refractivity contribution in [1.82, 2.24) is 0 Å². The van der Waals surface area contributed by atoms with Crippen LogP contribution in [0, 0.1) is 0 Å². The predicted octanol–water partition coefficient (Wildman–Crippen LogP) is 2.15. The van der Waals surface area contributed by atoms with Gasteiger partial charge in [-0.05, 0) is 19.9 Å². The summed E-state index contributed by atoms with van der Waals surface area (Å²) in [5.41, 5.74) is 0.764. The van der Waals surface area contributed by atoms with E-state index in [0.717, 1.165) is 5.56 Å². The molecule has 0 saturated carbocycles. The number of para-hydroxylation sites is 1. The Labute approximate surface area is 90.6 Å². The van der Waals surface area contributed by atoms with Gasteiger partial charge in [-0.25, -0.2) is 0 Å². The Balaban J connectivity index is 2.68. The Morgan fingerprint density at radius 2 is 1.93 bits per heavy atom. The summed E-state index contributed by atoms with van der Waals surface area (Å²) in [7, 11) is 1.59. The van der Waals surface area contributed by atoms with Gasteiger partial charge in [-0.1, -0.05) is 18.2 Å². The molecular formula is C12H18O3.